The topological polar surface area (TPSA) is 120 Å². The molecule has 0 saturated heterocycles. The minimum atomic E-state index is -0.0114. The van der Waals surface area contributed by atoms with Gasteiger partial charge in [-0.3, -0.25) is 0 Å². The molecule has 7 nitrogen and oxygen atoms in total. The minimum Gasteiger partial charge on any atom is -0.497 e. The maximum absolute atomic E-state index is 9.39. The van der Waals surface area contributed by atoms with Gasteiger partial charge in [-0.05, 0) is 24.3 Å². The summed E-state index contributed by atoms with van der Waals surface area (Å²) >= 11 is 0. The first kappa shape index (κ1) is 16.1. The van der Waals surface area contributed by atoms with E-state index in [0.717, 1.165) is 0 Å². The van der Waals surface area contributed by atoms with Crippen LogP contribution in [0.3, 0.4) is 0 Å². The van der Waals surface area contributed by atoms with E-state index in [1.54, 1.807) is 31.4 Å². The quantitative estimate of drug-likeness (QED) is 0.753. The lowest BCUT2D eigenvalue weighted by Gasteiger charge is -2.13. The van der Waals surface area contributed by atoms with Crippen LogP contribution in [0.25, 0.3) is 11.3 Å². The van der Waals surface area contributed by atoms with Gasteiger partial charge in [0.2, 0.25) is 5.95 Å². The summed E-state index contributed by atoms with van der Waals surface area (Å²) in [5.74, 6) is 1.78. The predicted molar refractivity (Wildman–Crippen MR) is 94.1 cm³/mol. The molecule has 4 N–H and O–H groups in total. The van der Waals surface area contributed by atoms with E-state index in [9.17, 15) is 5.26 Å². The number of hydrogen-bond acceptors (Lipinski definition) is 7. The molecule has 1 aromatic heterocycles. The fourth-order valence-corrected chi connectivity index (χ4v) is 2.34. The second kappa shape index (κ2) is 6.76. The summed E-state index contributed by atoms with van der Waals surface area (Å²) in [6.07, 6.45) is 0. The Balaban J connectivity index is 2.10. The Morgan fingerprint density at radius 3 is 2.52 bits per heavy atom. The highest BCUT2D eigenvalue weighted by molar-refractivity contribution is 5.77. The van der Waals surface area contributed by atoms with E-state index in [-0.39, 0.29) is 17.3 Å². The van der Waals surface area contributed by atoms with Gasteiger partial charge in [-0.1, -0.05) is 18.2 Å². The fraction of sp³-hybridized carbons (Fsp3) is 0.0556. The van der Waals surface area contributed by atoms with Crippen molar-refractivity contribution in [2.75, 3.05) is 18.6 Å². The van der Waals surface area contributed by atoms with Crippen LogP contribution < -0.4 is 20.9 Å². The van der Waals surface area contributed by atoms with Crippen molar-refractivity contribution in [2.24, 2.45) is 0 Å². The van der Waals surface area contributed by atoms with Crippen LogP contribution in [0.2, 0.25) is 0 Å². The van der Waals surface area contributed by atoms with Crippen LogP contribution >= 0.6 is 0 Å². The molecule has 3 rings (SSSR count). The summed E-state index contributed by atoms with van der Waals surface area (Å²) in [5.41, 5.74) is 12.6. The molecule has 0 amide bonds. The van der Waals surface area contributed by atoms with Gasteiger partial charge in [0, 0.05) is 11.6 Å². The van der Waals surface area contributed by atoms with Gasteiger partial charge >= 0.3 is 0 Å². The third-order valence-electron chi connectivity index (χ3n) is 3.48. The average Bonchev–Trinajstić information content (AvgIpc) is 2.62. The lowest BCUT2D eigenvalue weighted by atomic mass is 10.1. The number of nitrogens with two attached hydrogens (primary N) is 2. The average molecular weight is 333 g/mol. The van der Waals surface area contributed by atoms with Crippen molar-refractivity contribution in [2.45, 2.75) is 0 Å². The lowest BCUT2D eigenvalue weighted by molar-refractivity contribution is 0.409. The van der Waals surface area contributed by atoms with Crippen LogP contribution in [0.15, 0.2) is 48.5 Å². The third-order valence-corrected chi connectivity index (χ3v) is 3.48. The van der Waals surface area contributed by atoms with Crippen LogP contribution in [0.5, 0.6) is 17.2 Å². The van der Waals surface area contributed by atoms with Gasteiger partial charge in [-0.25, -0.2) is 4.98 Å². The van der Waals surface area contributed by atoms with Crippen LogP contribution in [0.4, 0.5) is 11.8 Å². The SMILES string of the molecule is COc1cccc(Oc2ccccc2-c2nc(N)nc(N)c2C#N)c1. The van der Waals surface area contributed by atoms with Crippen LogP contribution in [0, 0.1) is 11.3 Å². The van der Waals surface area contributed by atoms with Crippen molar-refractivity contribution >= 4 is 11.8 Å². The predicted octanol–water partition coefficient (Wildman–Crippen LogP) is 2.98. The Kier molecular flexibility index (Phi) is 4.35. The molecule has 7 heteroatoms. The molecule has 2 aromatic carbocycles. The maximum Gasteiger partial charge on any atom is 0.222 e. The van der Waals surface area contributed by atoms with Crippen molar-refractivity contribution in [3.63, 3.8) is 0 Å². The molecule has 0 aliphatic heterocycles. The number of methoxy groups -OCH3 is 1. The molecule has 0 atom stereocenters. The van der Waals surface area contributed by atoms with Crippen molar-refractivity contribution in [3.05, 3.63) is 54.1 Å². The number of nitriles is 1. The first-order valence-electron chi connectivity index (χ1n) is 7.36. The van der Waals surface area contributed by atoms with E-state index in [4.69, 9.17) is 20.9 Å². The van der Waals surface area contributed by atoms with Gasteiger partial charge in [-0.15, -0.1) is 0 Å². The number of anilines is 2. The number of benzene rings is 2. The van der Waals surface area contributed by atoms with Crippen molar-refractivity contribution < 1.29 is 9.47 Å². The molecule has 0 fully saturated rings. The number of hydrogen-bond donors (Lipinski definition) is 2. The molecule has 0 aliphatic rings. The van der Waals surface area contributed by atoms with Crippen molar-refractivity contribution in [3.8, 4) is 34.6 Å². The maximum atomic E-state index is 9.39. The summed E-state index contributed by atoms with van der Waals surface area (Å²) in [6.45, 7) is 0. The van der Waals surface area contributed by atoms with Gasteiger partial charge in [0.15, 0.2) is 0 Å². The Labute approximate surface area is 144 Å². The van der Waals surface area contributed by atoms with Crippen molar-refractivity contribution in [1.82, 2.24) is 9.97 Å². The monoisotopic (exact) mass is 333 g/mol. The zero-order valence-electron chi connectivity index (χ0n) is 13.4. The van der Waals surface area contributed by atoms with Gasteiger partial charge < -0.3 is 20.9 Å². The molecular formula is C18H15N5O2. The molecule has 3 aromatic rings. The molecule has 0 spiro atoms. The zero-order chi connectivity index (χ0) is 17.8. The summed E-state index contributed by atoms with van der Waals surface area (Å²) in [4.78, 5) is 8.00. The number of para-hydroxylation sites is 1. The highest BCUT2D eigenvalue weighted by atomic mass is 16.5. The summed E-state index contributed by atoms with van der Waals surface area (Å²) < 4.78 is 11.2. The Bertz CT molecular complexity index is 966. The zero-order valence-corrected chi connectivity index (χ0v) is 13.4. The Morgan fingerprint density at radius 2 is 1.76 bits per heavy atom. The summed E-state index contributed by atoms with van der Waals surface area (Å²) in [5, 5.41) is 9.39. The smallest absolute Gasteiger partial charge is 0.222 e. The van der Waals surface area contributed by atoms with Crippen LogP contribution in [-0.4, -0.2) is 17.1 Å². The Hall–Kier alpha value is -3.79. The number of nitrogens with zero attached hydrogens (tertiary/aromatic N) is 3. The third kappa shape index (κ3) is 3.28. The van der Waals surface area contributed by atoms with E-state index in [1.807, 2.05) is 30.3 Å². The number of ether oxygens (including phenoxy) is 2. The molecule has 0 bridgehead atoms. The fourth-order valence-electron chi connectivity index (χ4n) is 2.34. The highest BCUT2D eigenvalue weighted by Gasteiger charge is 2.17. The van der Waals surface area contributed by atoms with Crippen LogP contribution in [0.1, 0.15) is 5.56 Å². The lowest BCUT2D eigenvalue weighted by Crippen LogP contribution is -2.05. The molecule has 0 unspecified atom stereocenters. The second-order valence-corrected chi connectivity index (χ2v) is 5.08. The van der Waals surface area contributed by atoms with E-state index in [0.29, 0.717) is 28.5 Å². The Morgan fingerprint density at radius 1 is 1.00 bits per heavy atom. The standard InChI is InChI=1S/C18H15N5O2/c1-24-11-5-4-6-12(9-11)25-15-8-3-2-7-13(15)16-14(10-19)17(20)23-18(21)22-16/h2-9H,1H3,(H4,20,21,22,23). The van der Waals surface area contributed by atoms with E-state index in [1.165, 1.54) is 0 Å². The molecule has 0 aliphatic carbocycles. The first-order chi connectivity index (χ1) is 12.1. The van der Waals surface area contributed by atoms with Gasteiger partial charge in [-0.2, -0.15) is 10.2 Å². The number of nitrogen functional groups attached to an aromatic ring is 2. The molecule has 124 valence electrons. The highest BCUT2D eigenvalue weighted by Crippen LogP contribution is 2.36. The normalized spacial score (nSPS) is 10.1. The molecule has 1 heterocycles. The minimum absolute atomic E-state index is 0.0114. The molecule has 0 radical (unpaired) electrons. The molecule has 25 heavy (non-hydrogen) atoms. The molecule has 0 saturated carbocycles. The number of rotatable bonds is 4. The summed E-state index contributed by atoms with van der Waals surface area (Å²) in [6, 6.07) is 16.4. The number of aromatic nitrogens is 2. The van der Waals surface area contributed by atoms with Gasteiger partial charge in [0.25, 0.3) is 0 Å². The second-order valence-electron chi connectivity index (χ2n) is 5.08. The van der Waals surface area contributed by atoms with Gasteiger partial charge in [0.05, 0.1) is 12.8 Å². The largest absolute Gasteiger partial charge is 0.497 e. The van der Waals surface area contributed by atoms with E-state index < -0.39 is 0 Å². The van der Waals surface area contributed by atoms with E-state index in [2.05, 4.69) is 9.97 Å². The van der Waals surface area contributed by atoms with E-state index >= 15 is 0 Å². The first-order valence-corrected chi connectivity index (χ1v) is 7.36. The summed E-state index contributed by atoms with van der Waals surface area (Å²) in [7, 11) is 1.58. The van der Waals surface area contributed by atoms with Crippen molar-refractivity contribution in [1.29, 1.82) is 5.26 Å². The van der Waals surface area contributed by atoms with Gasteiger partial charge in [0.1, 0.15) is 34.7 Å². The molecular weight excluding hydrogens is 318 g/mol. The van der Waals surface area contributed by atoms with Crippen LogP contribution in [-0.2, 0) is 0 Å².